The van der Waals surface area contributed by atoms with E-state index >= 15 is 0 Å². The standard InChI is InChI=1S/C29H31F2N6P/c1-19-21(4-6-26-23(19)12-22(14-32)35(26)2)15-36-9-7-28(8-10-36)16-37(17-28)27-24-11-20(13-29(30,31)38)3-5-25(24)33-18-34-27/h3-6,11-12,18H,7-10,13,15-17,38H2,1-2H3. The van der Waals surface area contributed by atoms with Gasteiger partial charge in [-0.3, -0.25) is 4.90 Å². The van der Waals surface area contributed by atoms with Crippen molar-refractivity contribution in [2.75, 3.05) is 31.1 Å². The van der Waals surface area contributed by atoms with E-state index in [1.54, 1.807) is 21.6 Å². The molecule has 9 heteroatoms. The van der Waals surface area contributed by atoms with Crippen molar-refractivity contribution < 1.29 is 8.78 Å². The largest absolute Gasteiger partial charge is 0.355 e. The molecule has 38 heavy (non-hydrogen) atoms. The second kappa shape index (κ2) is 9.25. The van der Waals surface area contributed by atoms with Crippen molar-refractivity contribution in [2.24, 2.45) is 12.5 Å². The van der Waals surface area contributed by atoms with Gasteiger partial charge < -0.3 is 9.47 Å². The summed E-state index contributed by atoms with van der Waals surface area (Å²) in [5.41, 5.74) is 3.18. The fraction of sp³-hybridized carbons (Fsp3) is 0.414. The molecule has 0 amide bonds. The molecule has 0 radical (unpaired) electrons. The molecular formula is C29H31F2N6P. The number of alkyl halides is 2. The number of likely N-dealkylation sites (tertiary alicyclic amines) is 1. The first kappa shape index (κ1) is 25.2. The molecule has 0 bridgehead atoms. The number of benzene rings is 2. The number of piperidine rings is 1. The summed E-state index contributed by atoms with van der Waals surface area (Å²) in [4.78, 5) is 13.7. The summed E-state index contributed by atoms with van der Waals surface area (Å²) in [5, 5.41) is 11.4. The fourth-order valence-electron chi connectivity index (χ4n) is 6.26. The number of nitriles is 1. The zero-order valence-corrected chi connectivity index (χ0v) is 22.9. The van der Waals surface area contributed by atoms with Crippen LogP contribution in [0.4, 0.5) is 14.6 Å². The van der Waals surface area contributed by atoms with Gasteiger partial charge in [0.2, 0.25) is 0 Å². The van der Waals surface area contributed by atoms with Crippen LogP contribution in [0.25, 0.3) is 21.8 Å². The van der Waals surface area contributed by atoms with Crippen LogP contribution in [-0.4, -0.2) is 51.3 Å². The maximum Gasteiger partial charge on any atom is 0.262 e. The molecule has 2 aliphatic heterocycles. The van der Waals surface area contributed by atoms with Crippen molar-refractivity contribution >= 4 is 36.9 Å². The molecular weight excluding hydrogens is 501 g/mol. The summed E-state index contributed by atoms with van der Waals surface area (Å²) >= 11 is 0. The Balaban J connectivity index is 1.12. The zero-order valence-electron chi connectivity index (χ0n) is 21.7. The van der Waals surface area contributed by atoms with Gasteiger partial charge in [-0.25, -0.2) is 18.7 Å². The van der Waals surface area contributed by atoms with E-state index in [4.69, 9.17) is 0 Å². The van der Waals surface area contributed by atoms with Crippen LogP contribution in [0.2, 0.25) is 0 Å². The van der Waals surface area contributed by atoms with E-state index in [2.05, 4.69) is 44.9 Å². The monoisotopic (exact) mass is 532 g/mol. The summed E-state index contributed by atoms with van der Waals surface area (Å²) < 4.78 is 29.1. The average molecular weight is 533 g/mol. The Hall–Kier alpha value is -3.14. The number of hydrogen-bond acceptors (Lipinski definition) is 5. The van der Waals surface area contributed by atoms with Gasteiger partial charge >= 0.3 is 0 Å². The van der Waals surface area contributed by atoms with Gasteiger partial charge in [0.25, 0.3) is 5.66 Å². The zero-order chi connectivity index (χ0) is 26.7. The summed E-state index contributed by atoms with van der Waals surface area (Å²) in [6.07, 6.45) is 3.50. The minimum absolute atomic E-state index is 0.276. The van der Waals surface area contributed by atoms with E-state index in [1.165, 1.54) is 11.1 Å². The minimum Gasteiger partial charge on any atom is -0.355 e. The number of rotatable bonds is 5. The van der Waals surface area contributed by atoms with Crippen LogP contribution in [0.1, 0.15) is 35.2 Å². The number of anilines is 1. The van der Waals surface area contributed by atoms with Crippen molar-refractivity contribution in [1.29, 1.82) is 5.26 Å². The normalized spacial score (nSPS) is 17.7. The number of halogens is 2. The Morgan fingerprint density at radius 2 is 1.84 bits per heavy atom. The number of aromatic nitrogens is 3. The molecule has 2 fully saturated rings. The van der Waals surface area contributed by atoms with Crippen molar-refractivity contribution in [1.82, 2.24) is 19.4 Å². The van der Waals surface area contributed by atoms with Gasteiger partial charge in [0, 0.05) is 54.8 Å². The molecule has 6 nitrogen and oxygen atoms in total. The first-order valence-corrected chi connectivity index (χ1v) is 13.6. The first-order chi connectivity index (χ1) is 18.1. The fourth-order valence-corrected chi connectivity index (χ4v) is 6.49. The van der Waals surface area contributed by atoms with Gasteiger partial charge in [-0.05, 0) is 73.8 Å². The Kier molecular flexibility index (Phi) is 6.13. The lowest BCUT2D eigenvalue weighted by atomic mass is 9.72. The number of fused-ring (bicyclic) bond motifs is 2. The van der Waals surface area contributed by atoms with Crippen molar-refractivity contribution in [3.63, 3.8) is 0 Å². The van der Waals surface area contributed by atoms with Gasteiger partial charge in [0.05, 0.1) is 5.52 Å². The first-order valence-electron chi connectivity index (χ1n) is 13.0. The molecule has 2 aliphatic rings. The maximum absolute atomic E-state index is 13.6. The Morgan fingerprint density at radius 1 is 1.08 bits per heavy atom. The highest BCUT2D eigenvalue weighted by atomic mass is 31.0. The Labute approximate surface area is 223 Å². The Morgan fingerprint density at radius 3 is 2.55 bits per heavy atom. The third-order valence-corrected chi connectivity index (χ3v) is 8.71. The third-order valence-electron chi connectivity index (χ3n) is 8.50. The molecule has 0 N–H and O–H groups in total. The van der Waals surface area contributed by atoms with Crippen molar-refractivity contribution in [2.45, 2.75) is 38.4 Å². The van der Waals surface area contributed by atoms with E-state index in [0.29, 0.717) is 11.3 Å². The highest BCUT2D eigenvalue weighted by Gasteiger charge is 2.45. The molecule has 0 aliphatic carbocycles. The van der Waals surface area contributed by atoms with Gasteiger partial charge in [-0.2, -0.15) is 5.26 Å². The average Bonchev–Trinajstić information content (AvgIpc) is 3.20. The molecule has 1 unspecified atom stereocenters. The number of aryl methyl sites for hydroxylation is 2. The van der Waals surface area contributed by atoms with E-state index < -0.39 is 5.66 Å². The minimum atomic E-state index is -2.83. The summed E-state index contributed by atoms with van der Waals surface area (Å²) in [5.74, 6) is 0.848. The van der Waals surface area contributed by atoms with Crippen LogP contribution >= 0.6 is 9.24 Å². The quantitative estimate of drug-likeness (QED) is 0.322. The van der Waals surface area contributed by atoms with Gasteiger partial charge in [-0.1, -0.05) is 21.4 Å². The molecule has 2 saturated heterocycles. The van der Waals surface area contributed by atoms with Crippen molar-refractivity contribution in [3.05, 3.63) is 65.1 Å². The molecule has 1 atom stereocenters. The van der Waals surface area contributed by atoms with Gasteiger partial charge in [0.1, 0.15) is 23.9 Å². The van der Waals surface area contributed by atoms with Crippen molar-refractivity contribution in [3.8, 4) is 6.07 Å². The van der Waals surface area contributed by atoms with Crippen LogP contribution in [0.15, 0.2) is 42.7 Å². The molecule has 196 valence electrons. The topological polar surface area (TPSA) is 61.0 Å². The van der Waals surface area contributed by atoms with Gasteiger partial charge in [-0.15, -0.1) is 0 Å². The lowest BCUT2D eigenvalue weighted by Crippen LogP contribution is -2.60. The second-order valence-corrected chi connectivity index (χ2v) is 11.9. The van der Waals surface area contributed by atoms with Crippen LogP contribution < -0.4 is 4.90 Å². The third kappa shape index (κ3) is 4.52. The summed E-state index contributed by atoms with van der Waals surface area (Å²) in [7, 11) is 3.56. The predicted octanol–water partition coefficient (Wildman–Crippen LogP) is 5.41. The van der Waals surface area contributed by atoms with Crippen LogP contribution in [-0.2, 0) is 20.0 Å². The van der Waals surface area contributed by atoms with Crippen LogP contribution in [0.5, 0.6) is 0 Å². The highest BCUT2D eigenvalue weighted by molar-refractivity contribution is 7.18. The molecule has 4 heterocycles. The van der Waals surface area contributed by atoms with Crippen LogP contribution in [0, 0.1) is 23.7 Å². The van der Waals surface area contributed by atoms with Crippen LogP contribution in [0.3, 0.4) is 0 Å². The predicted molar refractivity (Wildman–Crippen MR) is 149 cm³/mol. The molecule has 1 spiro atoms. The highest BCUT2D eigenvalue weighted by Crippen LogP contribution is 2.44. The summed E-state index contributed by atoms with van der Waals surface area (Å²) in [6.45, 7) is 7.03. The molecule has 2 aromatic carbocycles. The summed E-state index contributed by atoms with van der Waals surface area (Å²) in [6, 6.07) is 14.0. The number of nitrogens with zero attached hydrogens (tertiary/aromatic N) is 6. The van der Waals surface area contributed by atoms with E-state index in [0.717, 1.165) is 73.2 Å². The molecule has 0 saturated carbocycles. The van der Waals surface area contributed by atoms with E-state index in [-0.39, 0.29) is 11.8 Å². The lowest BCUT2D eigenvalue weighted by molar-refractivity contribution is 0.0720. The maximum atomic E-state index is 13.6. The molecule has 2 aromatic heterocycles. The second-order valence-electron chi connectivity index (χ2n) is 11.1. The lowest BCUT2D eigenvalue weighted by Gasteiger charge is -2.54. The van der Waals surface area contributed by atoms with E-state index in [9.17, 15) is 14.0 Å². The Bertz CT molecular complexity index is 1570. The number of hydrogen-bond donors (Lipinski definition) is 0. The smallest absolute Gasteiger partial charge is 0.262 e. The van der Waals surface area contributed by atoms with Gasteiger partial charge in [0.15, 0.2) is 0 Å². The molecule has 4 aromatic rings. The SMILES string of the molecule is Cc1c(CN2CCC3(CC2)CN(c2ncnc4ccc(CC(F)(F)P)cc24)C3)ccc2c1cc(C#N)n2C. The molecule has 6 rings (SSSR count). The van der Waals surface area contributed by atoms with E-state index in [1.807, 2.05) is 29.8 Å².